The molecule has 0 aliphatic carbocycles. The maximum atomic E-state index is 11.2. The van der Waals surface area contributed by atoms with Crippen LogP contribution in [0.25, 0.3) is 6.08 Å². The van der Waals surface area contributed by atoms with Crippen LogP contribution in [0, 0.1) is 20.2 Å². The second-order valence-corrected chi connectivity index (χ2v) is 3.93. The number of nitro groups is 2. The zero-order valence-corrected chi connectivity index (χ0v) is 10.2. The summed E-state index contributed by atoms with van der Waals surface area (Å²) in [7, 11) is 0. The third-order valence-corrected chi connectivity index (χ3v) is 2.62. The minimum Gasteiger partial charge on any atom is -0.468 e. The zero-order chi connectivity index (χ0) is 14.5. The van der Waals surface area contributed by atoms with Gasteiger partial charge in [0.15, 0.2) is 5.92 Å². The summed E-state index contributed by atoms with van der Waals surface area (Å²) in [4.78, 5) is 20.6. The molecule has 20 heavy (non-hydrogen) atoms. The molecule has 2 heterocycles. The Labute approximate surface area is 112 Å². The molecular formula is C12H10N2O6. The highest BCUT2D eigenvalue weighted by Gasteiger charge is 2.34. The van der Waals surface area contributed by atoms with Crippen LogP contribution in [0.15, 0.2) is 51.3 Å². The highest BCUT2D eigenvalue weighted by Crippen LogP contribution is 2.27. The molecule has 0 saturated carbocycles. The molecule has 104 valence electrons. The molecule has 1 atom stereocenters. The van der Waals surface area contributed by atoms with Crippen molar-refractivity contribution in [1.29, 1.82) is 0 Å². The van der Waals surface area contributed by atoms with Gasteiger partial charge in [-0.3, -0.25) is 20.2 Å². The fourth-order valence-corrected chi connectivity index (χ4v) is 1.77. The average Bonchev–Trinajstić information content (AvgIpc) is 3.05. The summed E-state index contributed by atoms with van der Waals surface area (Å²) < 4.78 is 10.1. The zero-order valence-electron chi connectivity index (χ0n) is 10.2. The van der Waals surface area contributed by atoms with E-state index in [4.69, 9.17) is 8.83 Å². The minimum absolute atomic E-state index is 0.163. The van der Waals surface area contributed by atoms with E-state index in [0.29, 0.717) is 0 Å². The van der Waals surface area contributed by atoms with Crippen molar-refractivity contribution in [2.75, 3.05) is 6.54 Å². The molecular weight excluding hydrogens is 268 g/mol. The summed E-state index contributed by atoms with van der Waals surface area (Å²) in [6, 6.07) is 6.08. The smallest absolute Gasteiger partial charge is 0.267 e. The van der Waals surface area contributed by atoms with Gasteiger partial charge in [0.2, 0.25) is 6.54 Å². The van der Waals surface area contributed by atoms with Gasteiger partial charge in [0, 0.05) is 4.92 Å². The third kappa shape index (κ3) is 3.10. The molecule has 2 aromatic heterocycles. The Morgan fingerprint density at radius 3 is 2.40 bits per heavy atom. The van der Waals surface area contributed by atoms with Gasteiger partial charge >= 0.3 is 0 Å². The largest absolute Gasteiger partial charge is 0.468 e. The van der Waals surface area contributed by atoms with Crippen LogP contribution in [0.2, 0.25) is 0 Å². The molecule has 0 bridgehead atoms. The summed E-state index contributed by atoms with van der Waals surface area (Å²) in [5.74, 6) is -0.673. The molecule has 0 unspecified atom stereocenters. The van der Waals surface area contributed by atoms with Gasteiger partial charge in [-0.25, -0.2) is 0 Å². The van der Waals surface area contributed by atoms with Crippen LogP contribution in [0.3, 0.4) is 0 Å². The highest BCUT2D eigenvalue weighted by molar-refractivity contribution is 5.47. The van der Waals surface area contributed by atoms with Crippen molar-refractivity contribution >= 4 is 6.08 Å². The van der Waals surface area contributed by atoms with E-state index in [0.717, 1.165) is 6.08 Å². The fourth-order valence-electron chi connectivity index (χ4n) is 1.77. The molecule has 0 amide bonds. The van der Waals surface area contributed by atoms with Gasteiger partial charge in [-0.1, -0.05) is 0 Å². The van der Waals surface area contributed by atoms with E-state index < -0.39 is 22.3 Å². The Kier molecular flexibility index (Phi) is 3.94. The molecule has 0 aliphatic rings. The molecule has 0 saturated heterocycles. The summed E-state index contributed by atoms with van der Waals surface area (Å²) >= 11 is 0. The Morgan fingerprint density at radius 1 is 1.20 bits per heavy atom. The Hall–Kier alpha value is -2.90. The van der Waals surface area contributed by atoms with Gasteiger partial charge < -0.3 is 8.83 Å². The first kappa shape index (κ1) is 13.5. The van der Waals surface area contributed by atoms with Crippen molar-refractivity contribution in [3.8, 4) is 0 Å². The van der Waals surface area contributed by atoms with Gasteiger partial charge in [0.05, 0.1) is 23.5 Å². The first-order chi connectivity index (χ1) is 9.58. The molecule has 0 fully saturated rings. The van der Waals surface area contributed by atoms with E-state index in [1.807, 2.05) is 0 Å². The van der Waals surface area contributed by atoms with Crippen molar-refractivity contribution in [1.82, 2.24) is 0 Å². The minimum atomic E-state index is -1.08. The molecule has 2 aromatic rings. The summed E-state index contributed by atoms with van der Waals surface area (Å²) in [5, 5.41) is 21.9. The van der Waals surface area contributed by atoms with E-state index in [1.165, 1.54) is 30.7 Å². The highest BCUT2D eigenvalue weighted by atomic mass is 16.6. The SMILES string of the molecule is O=[N+]([O-])C[C@H](/C(=C\c1ccco1)[N+](=O)[O-])c1ccco1. The maximum absolute atomic E-state index is 11.2. The summed E-state index contributed by atoms with van der Waals surface area (Å²) in [6.45, 7) is -0.638. The standard InChI is InChI=1S/C12H10N2O6/c15-13(16)8-10(12-4-2-6-20-12)11(14(17)18)7-9-3-1-5-19-9/h1-7,10H,8H2/b11-7+/t10-/m1/s1. The summed E-state index contributed by atoms with van der Waals surface area (Å²) in [6.07, 6.45) is 3.84. The van der Waals surface area contributed by atoms with Crippen LogP contribution >= 0.6 is 0 Å². The van der Waals surface area contributed by atoms with Crippen LogP contribution in [0.5, 0.6) is 0 Å². The monoisotopic (exact) mass is 278 g/mol. The van der Waals surface area contributed by atoms with E-state index in [9.17, 15) is 20.2 Å². The van der Waals surface area contributed by atoms with Crippen LogP contribution in [0.4, 0.5) is 0 Å². The number of nitrogens with zero attached hydrogens (tertiary/aromatic N) is 2. The topological polar surface area (TPSA) is 113 Å². The quantitative estimate of drug-likeness (QED) is 0.592. The molecule has 0 N–H and O–H groups in total. The first-order valence-corrected chi connectivity index (χ1v) is 5.62. The molecule has 8 nitrogen and oxygen atoms in total. The van der Waals surface area contributed by atoms with Crippen LogP contribution in [-0.4, -0.2) is 16.4 Å². The van der Waals surface area contributed by atoms with Gasteiger partial charge in [0.1, 0.15) is 11.5 Å². The van der Waals surface area contributed by atoms with Crippen molar-refractivity contribution < 1.29 is 18.7 Å². The van der Waals surface area contributed by atoms with Crippen LogP contribution < -0.4 is 0 Å². The predicted molar refractivity (Wildman–Crippen MR) is 67.0 cm³/mol. The Bertz CT molecular complexity index is 614. The number of hydrogen-bond donors (Lipinski definition) is 0. The first-order valence-electron chi connectivity index (χ1n) is 5.62. The van der Waals surface area contributed by atoms with Crippen LogP contribution in [-0.2, 0) is 0 Å². The summed E-state index contributed by atoms with van der Waals surface area (Å²) in [5.41, 5.74) is -0.355. The predicted octanol–water partition coefficient (Wildman–Crippen LogP) is 2.55. The second-order valence-electron chi connectivity index (χ2n) is 3.93. The molecule has 2 rings (SSSR count). The normalized spacial score (nSPS) is 13.1. The van der Waals surface area contributed by atoms with Gasteiger partial charge in [0.25, 0.3) is 5.70 Å². The lowest BCUT2D eigenvalue weighted by atomic mass is 10.0. The average molecular weight is 278 g/mol. The van der Waals surface area contributed by atoms with Crippen molar-refractivity contribution in [3.05, 3.63) is 74.2 Å². The molecule has 0 aromatic carbocycles. The maximum Gasteiger partial charge on any atom is 0.267 e. The molecule has 0 aliphatic heterocycles. The number of furan rings is 2. The van der Waals surface area contributed by atoms with E-state index in [1.54, 1.807) is 6.07 Å². The number of hydrogen-bond acceptors (Lipinski definition) is 6. The van der Waals surface area contributed by atoms with E-state index in [-0.39, 0.29) is 17.2 Å². The Morgan fingerprint density at radius 2 is 1.90 bits per heavy atom. The number of rotatable bonds is 6. The van der Waals surface area contributed by atoms with Crippen molar-refractivity contribution in [2.45, 2.75) is 5.92 Å². The lowest BCUT2D eigenvalue weighted by Crippen LogP contribution is -2.18. The molecule has 0 radical (unpaired) electrons. The van der Waals surface area contributed by atoms with Crippen molar-refractivity contribution in [3.63, 3.8) is 0 Å². The van der Waals surface area contributed by atoms with Gasteiger partial charge in [-0.2, -0.15) is 0 Å². The van der Waals surface area contributed by atoms with Gasteiger partial charge in [-0.05, 0) is 24.3 Å². The van der Waals surface area contributed by atoms with E-state index >= 15 is 0 Å². The lowest BCUT2D eigenvalue weighted by molar-refractivity contribution is -0.494. The van der Waals surface area contributed by atoms with Crippen LogP contribution in [0.1, 0.15) is 17.4 Å². The Balaban J connectivity index is 2.42. The van der Waals surface area contributed by atoms with E-state index in [2.05, 4.69) is 0 Å². The van der Waals surface area contributed by atoms with Crippen molar-refractivity contribution in [2.24, 2.45) is 0 Å². The van der Waals surface area contributed by atoms with Gasteiger partial charge in [-0.15, -0.1) is 0 Å². The third-order valence-electron chi connectivity index (χ3n) is 2.62. The molecule has 8 heteroatoms. The molecule has 0 spiro atoms. The fraction of sp³-hybridized carbons (Fsp3) is 0.167. The lowest BCUT2D eigenvalue weighted by Gasteiger charge is -2.07. The second kappa shape index (κ2) is 5.83.